The highest BCUT2D eigenvalue weighted by atomic mass is 15.2. The Bertz CT molecular complexity index is 410. The van der Waals surface area contributed by atoms with Gasteiger partial charge in [-0.25, -0.2) is 4.98 Å². The topological polar surface area (TPSA) is 39.9 Å². The van der Waals surface area contributed by atoms with Crippen molar-refractivity contribution >= 4 is 5.82 Å². The van der Waals surface area contributed by atoms with Crippen molar-refractivity contribution in [1.82, 2.24) is 4.98 Å². The second kappa shape index (κ2) is 4.30. The van der Waals surface area contributed by atoms with Gasteiger partial charge in [-0.1, -0.05) is 5.92 Å². The van der Waals surface area contributed by atoms with Gasteiger partial charge in [-0.3, -0.25) is 0 Å². The van der Waals surface area contributed by atoms with Gasteiger partial charge >= 0.3 is 0 Å². The number of pyridine rings is 1. The quantitative estimate of drug-likeness (QED) is 0.652. The van der Waals surface area contributed by atoms with E-state index >= 15 is 0 Å². The van der Waals surface area contributed by atoms with Crippen LogP contribution < -0.4 is 4.90 Å². The van der Waals surface area contributed by atoms with E-state index in [0.717, 1.165) is 11.5 Å². The first-order valence-electron chi connectivity index (χ1n) is 4.20. The third-order valence-corrected chi connectivity index (χ3v) is 1.79. The number of hydrogen-bond acceptors (Lipinski definition) is 3. The number of rotatable bonds is 2. The molecule has 0 bridgehead atoms. The van der Waals surface area contributed by atoms with E-state index in [-0.39, 0.29) is 0 Å². The number of aryl methyl sites for hydroxylation is 1. The molecule has 0 aliphatic carbocycles. The van der Waals surface area contributed by atoms with Crippen LogP contribution in [-0.4, -0.2) is 18.6 Å². The molecule has 0 spiro atoms. The van der Waals surface area contributed by atoms with Gasteiger partial charge in [-0.2, -0.15) is 5.26 Å². The second-order valence-corrected chi connectivity index (χ2v) is 3.03. The number of hydrogen-bond donors (Lipinski definition) is 0. The first-order chi connectivity index (χ1) is 6.67. The number of anilines is 1. The minimum Gasteiger partial charge on any atom is -0.348 e. The van der Waals surface area contributed by atoms with Gasteiger partial charge in [-0.05, 0) is 19.1 Å². The number of terminal acetylenes is 1. The Morgan fingerprint density at radius 1 is 1.57 bits per heavy atom. The summed E-state index contributed by atoms with van der Waals surface area (Å²) >= 11 is 0. The van der Waals surface area contributed by atoms with Crippen molar-refractivity contribution in [1.29, 1.82) is 5.26 Å². The summed E-state index contributed by atoms with van der Waals surface area (Å²) in [5.74, 6) is 3.26. The van der Waals surface area contributed by atoms with Crippen molar-refractivity contribution in [3.63, 3.8) is 0 Å². The molecule has 1 aromatic heterocycles. The van der Waals surface area contributed by atoms with Crippen molar-refractivity contribution in [2.24, 2.45) is 0 Å². The molecule has 3 heteroatoms. The highest BCUT2D eigenvalue weighted by Gasteiger charge is 2.03. The SMILES string of the molecule is C#CCN(C)c1cc(C#N)cc(C)n1. The maximum Gasteiger partial charge on any atom is 0.130 e. The lowest BCUT2D eigenvalue weighted by atomic mass is 10.2. The molecular formula is C11H11N3. The number of nitriles is 1. The summed E-state index contributed by atoms with van der Waals surface area (Å²) in [5.41, 5.74) is 1.43. The second-order valence-electron chi connectivity index (χ2n) is 3.03. The van der Waals surface area contributed by atoms with E-state index in [1.807, 2.05) is 18.9 Å². The summed E-state index contributed by atoms with van der Waals surface area (Å²) in [6, 6.07) is 5.56. The first kappa shape index (κ1) is 10.1. The number of nitrogens with zero attached hydrogens (tertiary/aromatic N) is 3. The predicted octanol–water partition coefficient (Wildman–Crippen LogP) is 1.33. The van der Waals surface area contributed by atoms with E-state index in [4.69, 9.17) is 11.7 Å². The molecule has 0 atom stereocenters. The van der Waals surface area contributed by atoms with Crippen LogP contribution in [-0.2, 0) is 0 Å². The highest BCUT2D eigenvalue weighted by molar-refractivity contribution is 5.46. The van der Waals surface area contributed by atoms with Crippen LogP contribution in [0.25, 0.3) is 0 Å². The van der Waals surface area contributed by atoms with E-state index in [2.05, 4.69) is 17.0 Å². The molecule has 0 aliphatic heterocycles. The molecule has 3 nitrogen and oxygen atoms in total. The van der Waals surface area contributed by atoms with Crippen LogP contribution in [0.1, 0.15) is 11.3 Å². The van der Waals surface area contributed by atoms with Crippen molar-refractivity contribution in [2.75, 3.05) is 18.5 Å². The standard InChI is InChI=1S/C11H11N3/c1-4-5-14(3)11-7-10(8-12)6-9(2)13-11/h1,6-7H,5H2,2-3H3. The molecule has 70 valence electrons. The van der Waals surface area contributed by atoms with Crippen LogP contribution in [0.5, 0.6) is 0 Å². The summed E-state index contributed by atoms with van der Waals surface area (Å²) in [4.78, 5) is 6.11. The van der Waals surface area contributed by atoms with Crippen LogP contribution in [0, 0.1) is 30.6 Å². The molecule has 0 unspecified atom stereocenters. The minimum absolute atomic E-state index is 0.487. The normalized spacial score (nSPS) is 8.86. The summed E-state index contributed by atoms with van der Waals surface area (Å²) in [6.45, 7) is 2.34. The molecule has 0 amide bonds. The van der Waals surface area contributed by atoms with Gasteiger partial charge in [0, 0.05) is 12.7 Å². The monoisotopic (exact) mass is 185 g/mol. The van der Waals surface area contributed by atoms with E-state index < -0.39 is 0 Å². The smallest absolute Gasteiger partial charge is 0.130 e. The van der Waals surface area contributed by atoms with Gasteiger partial charge in [0.05, 0.1) is 18.2 Å². The van der Waals surface area contributed by atoms with Crippen molar-refractivity contribution < 1.29 is 0 Å². The van der Waals surface area contributed by atoms with Crippen LogP contribution in [0.4, 0.5) is 5.82 Å². The molecule has 0 aromatic carbocycles. The summed E-state index contributed by atoms with van der Waals surface area (Å²) < 4.78 is 0. The van der Waals surface area contributed by atoms with Gasteiger partial charge in [-0.15, -0.1) is 6.42 Å². The van der Waals surface area contributed by atoms with Gasteiger partial charge < -0.3 is 4.90 Å². The average Bonchev–Trinajstić information content (AvgIpc) is 2.17. The van der Waals surface area contributed by atoms with Gasteiger partial charge in [0.2, 0.25) is 0 Å². The highest BCUT2D eigenvalue weighted by Crippen LogP contribution is 2.12. The molecule has 1 aromatic rings. The van der Waals surface area contributed by atoms with Crippen LogP contribution >= 0.6 is 0 Å². The average molecular weight is 185 g/mol. The molecule has 0 saturated heterocycles. The molecule has 0 fully saturated rings. The fraction of sp³-hybridized carbons (Fsp3) is 0.273. The maximum atomic E-state index is 8.76. The molecule has 0 aliphatic rings. The zero-order valence-electron chi connectivity index (χ0n) is 8.28. The number of aromatic nitrogens is 1. The molecule has 0 radical (unpaired) electrons. The fourth-order valence-corrected chi connectivity index (χ4v) is 1.13. The summed E-state index contributed by atoms with van der Waals surface area (Å²) in [5, 5.41) is 8.76. The fourth-order valence-electron chi connectivity index (χ4n) is 1.13. The third kappa shape index (κ3) is 2.24. The zero-order valence-corrected chi connectivity index (χ0v) is 8.28. The molecule has 1 heterocycles. The lowest BCUT2D eigenvalue weighted by Crippen LogP contribution is -2.18. The van der Waals surface area contributed by atoms with Crippen LogP contribution in [0.2, 0.25) is 0 Å². The molecule has 1 rings (SSSR count). The third-order valence-electron chi connectivity index (χ3n) is 1.79. The predicted molar refractivity (Wildman–Crippen MR) is 55.8 cm³/mol. The molecule has 0 N–H and O–H groups in total. The Morgan fingerprint density at radius 3 is 2.86 bits per heavy atom. The lowest BCUT2D eigenvalue weighted by Gasteiger charge is -2.15. The van der Waals surface area contributed by atoms with E-state index in [0.29, 0.717) is 12.1 Å². The van der Waals surface area contributed by atoms with Gasteiger partial charge in [0.25, 0.3) is 0 Å². The lowest BCUT2D eigenvalue weighted by molar-refractivity contribution is 0.990. The van der Waals surface area contributed by atoms with Crippen LogP contribution in [0.15, 0.2) is 12.1 Å². The zero-order chi connectivity index (χ0) is 10.6. The van der Waals surface area contributed by atoms with E-state index in [1.54, 1.807) is 12.1 Å². The Hall–Kier alpha value is -2.00. The molecule has 0 saturated carbocycles. The van der Waals surface area contributed by atoms with E-state index in [1.165, 1.54) is 0 Å². The Morgan fingerprint density at radius 2 is 2.29 bits per heavy atom. The Balaban J connectivity index is 3.05. The first-order valence-corrected chi connectivity index (χ1v) is 4.20. The van der Waals surface area contributed by atoms with Crippen LogP contribution in [0.3, 0.4) is 0 Å². The van der Waals surface area contributed by atoms with Gasteiger partial charge in [0.15, 0.2) is 0 Å². The minimum atomic E-state index is 0.487. The Labute approximate surface area is 84.0 Å². The van der Waals surface area contributed by atoms with Crippen molar-refractivity contribution in [2.45, 2.75) is 6.92 Å². The van der Waals surface area contributed by atoms with Gasteiger partial charge in [0.1, 0.15) is 5.82 Å². The van der Waals surface area contributed by atoms with Crippen molar-refractivity contribution in [3.8, 4) is 18.4 Å². The summed E-state index contributed by atoms with van der Waals surface area (Å²) in [7, 11) is 1.85. The molecular weight excluding hydrogens is 174 g/mol. The maximum absolute atomic E-state index is 8.76. The van der Waals surface area contributed by atoms with Crippen molar-refractivity contribution in [3.05, 3.63) is 23.4 Å². The summed E-state index contributed by atoms with van der Waals surface area (Å²) in [6.07, 6.45) is 5.19. The largest absolute Gasteiger partial charge is 0.348 e. The van der Waals surface area contributed by atoms with E-state index in [9.17, 15) is 0 Å². The molecule has 14 heavy (non-hydrogen) atoms. The Kier molecular flexibility index (Phi) is 3.09.